The number of nitrogens with one attached hydrogen (secondary N) is 1. The lowest BCUT2D eigenvalue weighted by atomic mass is 10.1. The number of aryl methyl sites for hydroxylation is 3. The lowest BCUT2D eigenvalue weighted by Crippen LogP contribution is -2.28. The standard InChI is InChI=1S/C18H22N6O2S/c1-11-16(10-20-18(21-11)15-6-8-19-9-7-15)12(2)23-27(25,26)17-13(3)22-24(5)14(17)4/h6-10,12,23H,1-5H3. The molecule has 0 saturated heterocycles. The number of hydrogen-bond acceptors (Lipinski definition) is 6. The molecule has 3 aromatic rings. The summed E-state index contributed by atoms with van der Waals surface area (Å²) >= 11 is 0. The fraction of sp³-hybridized carbons (Fsp3) is 0.333. The van der Waals surface area contributed by atoms with Gasteiger partial charge in [-0.05, 0) is 39.8 Å². The minimum absolute atomic E-state index is 0.212. The molecule has 3 rings (SSSR count). The van der Waals surface area contributed by atoms with Crippen LogP contribution >= 0.6 is 0 Å². The lowest BCUT2D eigenvalue weighted by Gasteiger charge is -2.16. The summed E-state index contributed by atoms with van der Waals surface area (Å²) in [6.07, 6.45) is 5.02. The normalized spacial score (nSPS) is 12.9. The van der Waals surface area contributed by atoms with Gasteiger partial charge in [-0.25, -0.2) is 23.1 Å². The van der Waals surface area contributed by atoms with Gasteiger partial charge in [-0.3, -0.25) is 9.67 Å². The van der Waals surface area contributed by atoms with E-state index in [9.17, 15) is 8.42 Å². The van der Waals surface area contributed by atoms with Crippen molar-refractivity contribution in [2.75, 3.05) is 0 Å². The smallest absolute Gasteiger partial charge is 0.244 e. The Labute approximate surface area is 158 Å². The van der Waals surface area contributed by atoms with E-state index in [1.54, 1.807) is 51.1 Å². The first kappa shape index (κ1) is 19.1. The van der Waals surface area contributed by atoms with Crippen LogP contribution in [0.15, 0.2) is 35.6 Å². The maximum absolute atomic E-state index is 12.9. The Hall–Kier alpha value is -2.65. The summed E-state index contributed by atoms with van der Waals surface area (Å²) in [6, 6.07) is 3.17. The monoisotopic (exact) mass is 386 g/mol. The van der Waals surface area contributed by atoms with Crippen LogP contribution in [0.25, 0.3) is 11.4 Å². The quantitative estimate of drug-likeness (QED) is 0.721. The molecule has 142 valence electrons. The molecular formula is C18H22N6O2S. The van der Waals surface area contributed by atoms with Crippen molar-refractivity contribution in [2.45, 2.75) is 38.6 Å². The molecule has 0 aliphatic heterocycles. The zero-order valence-electron chi connectivity index (χ0n) is 15.9. The zero-order valence-corrected chi connectivity index (χ0v) is 16.7. The highest BCUT2D eigenvalue weighted by Gasteiger charge is 2.26. The van der Waals surface area contributed by atoms with E-state index in [2.05, 4.69) is 24.8 Å². The molecule has 0 aliphatic rings. The summed E-state index contributed by atoms with van der Waals surface area (Å²) in [4.78, 5) is 13.1. The van der Waals surface area contributed by atoms with E-state index in [1.165, 1.54) is 0 Å². The van der Waals surface area contributed by atoms with Crippen LogP contribution in [0.3, 0.4) is 0 Å². The van der Waals surface area contributed by atoms with Crippen molar-refractivity contribution in [3.63, 3.8) is 0 Å². The van der Waals surface area contributed by atoms with Crippen LogP contribution in [0, 0.1) is 20.8 Å². The molecule has 0 spiro atoms. The zero-order chi connectivity index (χ0) is 19.8. The van der Waals surface area contributed by atoms with E-state index in [1.807, 2.05) is 19.1 Å². The minimum atomic E-state index is -3.72. The van der Waals surface area contributed by atoms with Gasteiger partial charge in [0.2, 0.25) is 10.0 Å². The van der Waals surface area contributed by atoms with Crippen molar-refractivity contribution in [1.82, 2.24) is 29.5 Å². The summed E-state index contributed by atoms with van der Waals surface area (Å²) in [5.74, 6) is 0.577. The van der Waals surface area contributed by atoms with Crippen LogP contribution in [0.5, 0.6) is 0 Å². The minimum Gasteiger partial charge on any atom is -0.271 e. The molecule has 1 atom stereocenters. The van der Waals surface area contributed by atoms with Crippen molar-refractivity contribution in [3.05, 3.63) is 53.4 Å². The van der Waals surface area contributed by atoms with Crippen LogP contribution in [-0.4, -0.2) is 33.2 Å². The van der Waals surface area contributed by atoms with Crippen LogP contribution in [-0.2, 0) is 17.1 Å². The molecule has 1 unspecified atom stereocenters. The van der Waals surface area contributed by atoms with Gasteiger partial charge in [0.25, 0.3) is 0 Å². The van der Waals surface area contributed by atoms with Crippen LogP contribution in [0.2, 0.25) is 0 Å². The topological polar surface area (TPSA) is 103 Å². The second-order valence-corrected chi connectivity index (χ2v) is 8.09. The molecule has 9 heteroatoms. The highest BCUT2D eigenvalue weighted by molar-refractivity contribution is 7.89. The third-order valence-electron chi connectivity index (χ3n) is 4.47. The van der Waals surface area contributed by atoms with Gasteiger partial charge in [-0.2, -0.15) is 5.10 Å². The average Bonchev–Trinajstić information content (AvgIpc) is 2.87. The number of hydrogen-bond donors (Lipinski definition) is 1. The first-order chi connectivity index (χ1) is 12.7. The number of sulfonamides is 1. The summed E-state index contributed by atoms with van der Waals surface area (Å²) in [5, 5.41) is 4.19. The molecule has 0 amide bonds. The fourth-order valence-electron chi connectivity index (χ4n) is 3.04. The predicted octanol–water partition coefficient (Wildman–Crippen LogP) is 2.24. The molecule has 3 aromatic heterocycles. The van der Waals surface area contributed by atoms with Gasteiger partial charge in [0.1, 0.15) is 4.90 Å². The second-order valence-electron chi connectivity index (χ2n) is 6.44. The van der Waals surface area contributed by atoms with E-state index in [0.717, 1.165) is 11.1 Å². The Morgan fingerprint density at radius 2 is 1.78 bits per heavy atom. The largest absolute Gasteiger partial charge is 0.271 e. The van der Waals surface area contributed by atoms with Crippen molar-refractivity contribution in [2.24, 2.45) is 7.05 Å². The first-order valence-electron chi connectivity index (χ1n) is 8.47. The van der Waals surface area contributed by atoms with E-state index < -0.39 is 16.1 Å². The van der Waals surface area contributed by atoms with Gasteiger partial charge in [0, 0.05) is 48.5 Å². The number of rotatable bonds is 5. The van der Waals surface area contributed by atoms with E-state index in [-0.39, 0.29) is 4.90 Å². The Morgan fingerprint density at radius 3 is 2.33 bits per heavy atom. The maximum atomic E-state index is 12.9. The second kappa shape index (κ2) is 7.16. The lowest BCUT2D eigenvalue weighted by molar-refractivity contribution is 0.564. The van der Waals surface area contributed by atoms with Crippen LogP contribution in [0.4, 0.5) is 0 Å². The van der Waals surface area contributed by atoms with Crippen LogP contribution in [0.1, 0.15) is 35.6 Å². The Morgan fingerprint density at radius 1 is 1.11 bits per heavy atom. The summed E-state index contributed by atoms with van der Waals surface area (Å²) < 4.78 is 30.0. The third kappa shape index (κ3) is 3.74. The highest BCUT2D eigenvalue weighted by Crippen LogP contribution is 2.24. The number of nitrogens with zero attached hydrogens (tertiary/aromatic N) is 5. The average molecular weight is 386 g/mol. The summed E-state index contributed by atoms with van der Waals surface area (Å²) in [5.41, 5.74) is 3.35. The van der Waals surface area contributed by atoms with E-state index in [0.29, 0.717) is 22.9 Å². The molecular weight excluding hydrogens is 364 g/mol. The van der Waals surface area contributed by atoms with E-state index >= 15 is 0 Å². The number of aromatic nitrogens is 5. The van der Waals surface area contributed by atoms with Gasteiger partial charge >= 0.3 is 0 Å². The van der Waals surface area contributed by atoms with Gasteiger partial charge in [-0.15, -0.1) is 0 Å². The molecule has 27 heavy (non-hydrogen) atoms. The summed E-state index contributed by atoms with van der Waals surface area (Å²) in [7, 11) is -2.00. The number of pyridine rings is 1. The van der Waals surface area contributed by atoms with Gasteiger partial charge in [-0.1, -0.05) is 0 Å². The molecule has 0 saturated carbocycles. The van der Waals surface area contributed by atoms with Gasteiger partial charge < -0.3 is 0 Å². The van der Waals surface area contributed by atoms with Crippen molar-refractivity contribution in [3.8, 4) is 11.4 Å². The molecule has 0 fully saturated rings. The Bertz CT molecular complexity index is 1080. The Kier molecular flexibility index (Phi) is 5.07. The molecule has 3 heterocycles. The third-order valence-corrected chi connectivity index (χ3v) is 6.26. The molecule has 1 N–H and O–H groups in total. The van der Waals surface area contributed by atoms with Crippen molar-refractivity contribution >= 4 is 10.0 Å². The predicted molar refractivity (Wildman–Crippen MR) is 101 cm³/mol. The molecule has 0 aliphatic carbocycles. The Balaban J connectivity index is 1.89. The first-order valence-corrected chi connectivity index (χ1v) is 9.95. The van der Waals surface area contributed by atoms with Gasteiger partial charge in [0.05, 0.1) is 11.4 Å². The molecule has 8 nitrogen and oxygen atoms in total. The van der Waals surface area contributed by atoms with Gasteiger partial charge in [0.15, 0.2) is 5.82 Å². The SMILES string of the molecule is Cc1nc(-c2ccncc2)ncc1C(C)NS(=O)(=O)c1c(C)nn(C)c1C. The molecule has 0 bridgehead atoms. The fourth-order valence-corrected chi connectivity index (χ4v) is 4.70. The highest BCUT2D eigenvalue weighted by atomic mass is 32.2. The summed E-state index contributed by atoms with van der Waals surface area (Å²) in [6.45, 7) is 7.03. The maximum Gasteiger partial charge on any atom is 0.244 e. The van der Waals surface area contributed by atoms with Crippen molar-refractivity contribution < 1.29 is 8.42 Å². The van der Waals surface area contributed by atoms with E-state index in [4.69, 9.17) is 0 Å². The molecule has 0 aromatic carbocycles. The van der Waals surface area contributed by atoms with Crippen LogP contribution < -0.4 is 4.72 Å². The van der Waals surface area contributed by atoms with Crippen molar-refractivity contribution in [1.29, 1.82) is 0 Å². The molecule has 0 radical (unpaired) electrons.